The fourth-order valence-corrected chi connectivity index (χ4v) is 4.37. The molecular formula is C26H30O4. The van der Waals surface area contributed by atoms with Crippen LogP contribution in [0.25, 0.3) is 10.8 Å². The van der Waals surface area contributed by atoms with Crippen LogP contribution in [0.2, 0.25) is 0 Å². The topological polar surface area (TPSA) is 60.4 Å². The molecule has 1 aliphatic rings. The van der Waals surface area contributed by atoms with Gasteiger partial charge in [0.15, 0.2) is 5.78 Å². The molecule has 0 heterocycles. The quantitative estimate of drug-likeness (QED) is 0.220. The van der Waals surface area contributed by atoms with Crippen LogP contribution in [0.5, 0.6) is 0 Å². The highest BCUT2D eigenvalue weighted by Crippen LogP contribution is 2.34. The lowest BCUT2D eigenvalue weighted by molar-refractivity contribution is -0.140. The third-order valence-electron chi connectivity index (χ3n) is 6.08. The van der Waals surface area contributed by atoms with Gasteiger partial charge in [0.05, 0.1) is 7.11 Å². The summed E-state index contributed by atoms with van der Waals surface area (Å²) < 4.78 is 4.65. The number of fused-ring (bicyclic) bond motifs is 1. The van der Waals surface area contributed by atoms with Crippen molar-refractivity contribution in [2.75, 3.05) is 7.11 Å². The first-order valence-electron chi connectivity index (χ1n) is 10.9. The Morgan fingerprint density at radius 2 is 1.80 bits per heavy atom. The molecule has 2 unspecified atom stereocenters. The van der Waals surface area contributed by atoms with Gasteiger partial charge in [0.2, 0.25) is 0 Å². The summed E-state index contributed by atoms with van der Waals surface area (Å²) >= 11 is 0. The number of ether oxygens (including phenoxy) is 1. The molecule has 4 nitrogen and oxygen atoms in total. The Hall–Kier alpha value is -2.75. The maximum Gasteiger partial charge on any atom is 0.305 e. The van der Waals surface area contributed by atoms with Crippen LogP contribution in [0.4, 0.5) is 0 Å². The largest absolute Gasteiger partial charge is 0.469 e. The van der Waals surface area contributed by atoms with Crippen LogP contribution >= 0.6 is 0 Å². The van der Waals surface area contributed by atoms with E-state index in [9.17, 15) is 14.4 Å². The van der Waals surface area contributed by atoms with Gasteiger partial charge in [-0.3, -0.25) is 14.4 Å². The third-order valence-corrected chi connectivity index (χ3v) is 6.08. The third kappa shape index (κ3) is 5.65. The fraction of sp³-hybridized carbons (Fsp3) is 0.423. The Balaban J connectivity index is 1.54. The lowest BCUT2D eigenvalue weighted by Gasteiger charge is -2.14. The van der Waals surface area contributed by atoms with E-state index in [-0.39, 0.29) is 23.6 Å². The number of unbranched alkanes of at least 4 members (excludes halogenated alkanes) is 3. The van der Waals surface area contributed by atoms with Crippen molar-refractivity contribution >= 4 is 28.3 Å². The molecule has 2 aromatic carbocycles. The van der Waals surface area contributed by atoms with Crippen LogP contribution in [0.15, 0.2) is 54.6 Å². The van der Waals surface area contributed by atoms with Crippen molar-refractivity contribution < 1.29 is 19.1 Å². The van der Waals surface area contributed by atoms with Gasteiger partial charge in [-0.15, -0.1) is 0 Å². The second kappa shape index (κ2) is 10.9. The molecule has 0 bridgehead atoms. The SMILES string of the molecule is COC(=O)CCCCCCC1C(=O)CCC1/C=C/C(=O)c1cccc2ccccc12. The Morgan fingerprint density at radius 1 is 1.03 bits per heavy atom. The number of hydrogen-bond donors (Lipinski definition) is 0. The van der Waals surface area contributed by atoms with E-state index < -0.39 is 0 Å². The van der Waals surface area contributed by atoms with Gasteiger partial charge in [-0.2, -0.15) is 0 Å². The summed E-state index contributed by atoms with van der Waals surface area (Å²) in [5.74, 6) is 0.306. The number of rotatable bonds is 10. The Morgan fingerprint density at radius 3 is 2.63 bits per heavy atom. The molecule has 0 spiro atoms. The second-order valence-electron chi connectivity index (χ2n) is 8.05. The van der Waals surface area contributed by atoms with Crippen LogP contribution in [0, 0.1) is 11.8 Å². The second-order valence-corrected chi connectivity index (χ2v) is 8.05. The molecule has 2 aromatic rings. The van der Waals surface area contributed by atoms with Crippen molar-refractivity contribution in [2.24, 2.45) is 11.8 Å². The zero-order valence-corrected chi connectivity index (χ0v) is 17.6. The first-order chi connectivity index (χ1) is 14.6. The van der Waals surface area contributed by atoms with Crippen LogP contribution in [-0.4, -0.2) is 24.6 Å². The van der Waals surface area contributed by atoms with E-state index in [0.29, 0.717) is 24.2 Å². The van der Waals surface area contributed by atoms with E-state index in [1.165, 1.54) is 7.11 Å². The molecule has 1 aliphatic carbocycles. The van der Waals surface area contributed by atoms with E-state index >= 15 is 0 Å². The van der Waals surface area contributed by atoms with Crippen molar-refractivity contribution in [2.45, 2.75) is 51.4 Å². The number of ketones is 2. The first kappa shape index (κ1) is 21.9. The lowest BCUT2D eigenvalue weighted by atomic mass is 9.89. The number of hydrogen-bond acceptors (Lipinski definition) is 4. The first-order valence-corrected chi connectivity index (χ1v) is 10.9. The molecule has 158 valence electrons. The summed E-state index contributed by atoms with van der Waals surface area (Å²) in [6.45, 7) is 0. The van der Waals surface area contributed by atoms with E-state index in [1.807, 2.05) is 48.5 Å². The molecule has 1 saturated carbocycles. The molecule has 0 aliphatic heterocycles. The summed E-state index contributed by atoms with van der Waals surface area (Å²) in [5.41, 5.74) is 0.704. The van der Waals surface area contributed by atoms with Crippen LogP contribution in [-0.2, 0) is 14.3 Å². The van der Waals surface area contributed by atoms with Crippen molar-refractivity contribution in [1.29, 1.82) is 0 Å². The molecule has 3 rings (SSSR count). The summed E-state index contributed by atoms with van der Waals surface area (Å²) in [4.78, 5) is 36.3. The van der Waals surface area contributed by atoms with Crippen molar-refractivity contribution in [1.82, 2.24) is 0 Å². The molecule has 2 atom stereocenters. The number of carbonyl (C=O) groups excluding carboxylic acids is 3. The van der Waals surface area contributed by atoms with E-state index in [4.69, 9.17) is 0 Å². The minimum absolute atomic E-state index is 0.00675. The Labute approximate surface area is 178 Å². The van der Waals surface area contributed by atoms with Gasteiger partial charge in [-0.05, 0) is 42.0 Å². The summed E-state index contributed by atoms with van der Waals surface area (Å²) in [6, 6.07) is 13.7. The molecule has 0 aromatic heterocycles. The standard InChI is InChI=1S/C26H30O4/c1-30-26(29)14-5-3-2-4-12-22-20(15-17-24(22)27)16-18-25(28)23-13-8-10-19-9-6-7-11-21(19)23/h6-11,13,16,18,20,22H,2-5,12,14-15,17H2,1H3/b18-16+. The molecular weight excluding hydrogens is 376 g/mol. The minimum Gasteiger partial charge on any atom is -0.469 e. The van der Waals surface area contributed by atoms with Crippen molar-refractivity contribution in [3.05, 3.63) is 60.2 Å². The lowest BCUT2D eigenvalue weighted by Crippen LogP contribution is -2.13. The van der Waals surface area contributed by atoms with E-state index in [2.05, 4.69) is 4.74 Å². The van der Waals surface area contributed by atoms with Crippen molar-refractivity contribution in [3.8, 4) is 0 Å². The summed E-state index contributed by atoms with van der Waals surface area (Å²) in [6.07, 6.45) is 10.1. The Bertz CT molecular complexity index is 922. The maximum absolute atomic E-state index is 12.8. The van der Waals surface area contributed by atoms with E-state index in [1.54, 1.807) is 6.08 Å². The van der Waals surface area contributed by atoms with Crippen molar-refractivity contribution in [3.63, 3.8) is 0 Å². The van der Waals surface area contributed by atoms with E-state index in [0.717, 1.165) is 49.3 Å². The summed E-state index contributed by atoms with van der Waals surface area (Å²) in [7, 11) is 1.41. The van der Waals surface area contributed by atoms with Gasteiger partial charge in [-0.25, -0.2) is 0 Å². The summed E-state index contributed by atoms with van der Waals surface area (Å²) in [5, 5.41) is 2.01. The minimum atomic E-state index is -0.165. The highest BCUT2D eigenvalue weighted by Gasteiger charge is 2.32. The molecule has 0 saturated heterocycles. The number of esters is 1. The highest BCUT2D eigenvalue weighted by molar-refractivity contribution is 6.13. The normalized spacial score (nSPS) is 18.9. The van der Waals surface area contributed by atoms with Gasteiger partial charge < -0.3 is 4.74 Å². The monoisotopic (exact) mass is 406 g/mol. The fourth-order valence-electron chi connectivity index (χ4n) is 4.37. The number of allylic oxidation sites excluding steroid dienone is 2. The van der Waals surface area contributed by atoms with Gasteiger partial charge in [-0.1, -0.05) is 67.8 Å². The number of Topliss-reactive ketones (excluding diaryl/α,β-unsaturated/α-hetero) is 1. The molecule has 4 heteroatoms. The molecule has 1 fully saturated rings. The van der Waals surface area contributed by atoms with Crippen LogP contribution in [0.1, 0.15) is 61.7 Å². The van der Waals surface area contributed by atoms with Gasteiger partial charge >= 0.3 is 5.97 Å². The Kier molecular flexibility index (Phi) is 7.95. The maximum atomic E-state index is 12.8. The van der Waals surface area contributed by atoms with Gasteiger partial charge in [0.1, 0.15) is 5.78 Å². The smallest absolute Gasteiger partial charge is 0.305 e. The average Bonchev–Trinajstić information content (AvgIpc) is 3.13. The molecule has 30 heavy (non-hydrogen) atoms. The zero-order valence-electron chi connectivity index (χ0n) is 17.6. The highest BCUT2D eigenvalue weighted by atomic mass is 16.5. The number of methoxy groups -OCH3 is 1. The van der Waals surface area contributed by atoms with Crippen LogP contribution in [0.3, 0.4) is 0 Å². The predicted molar refractivity (Wildman–Crippen MR) is 118 cm³/mol. The molecule has 0 amide bonds. The number of benzene rings is 2. The van der Waals surface area contributed by atoms with Gasteiger partial charge in [0, 0.05) is 24.3 Å². The number of carbonyl (C=O) groups is 3. The van der Waals surface area contributed by atoms with Gasteiger partial charge in [0.25, 0.3) is 0 Å². The van der Waals surface area contributed by atoms with Crippen LogP contribution < -0.4 is 0 Å². The molecule has 0 radical (unpaired) electrons. The average molecular weight is 407 g/mol. The molecule has 0 N–H and O–H groups in total. The predicted octanol–water partition coefficient (Wildman–Crippen LogP) is 5.69. The zero-order chi connectivity index (χ0) is 21.3.